The van der Waals surface area contributed by atoms with Gasteiger partial charge in [0, 0.05) is 6.42 Å². The normalized spacial score (nSPS) is 28.3. The van der Waals surface area contributed by atoms with Gasteiger partial charge in [-0.2, -0.15) is 5.10 Å². The Hall–Kier alpha value is -1.04. The van der Waals surface area contributed by atoms with Crippen LogP contribution in [0.5, 0.6) is 0 Å². The van der Waals surface area contributed by atoms with Gasteiger partial charge in [-0.3, -0.25) is 0 Å². The van der Waals surface area contributed by atoms with Crippen LogP contribution in [0, 0.1) is 5.41 Å². The van der Waals surface area contributed by atoms with Gasteiger partial charge in [0.25, 0.3) is 0 Å². The highest BCUT2D eigenvalue weighted by molar-refractivity contribution is 8.15. The molecule has 0 unspecified atom stereocenters. The highest BCUT2D eigenvalue weighted by Crippen LogP contribution is 2.67. The number of rotatable bonds is 4. The third kappa shape index (κ3) is 3.54. The monoisotopic (exact) mass is 406 g/mol. The molecule has 1 aliphatic carbocycles. The summed E-state index contributed by atoms with van der Waals surface area (Å²) in [6, 6.07) is 10.3. The van der Waals surface area contributed by atoms with Crippen molar-refractivity contribution in [1.82, 2.24) is 0 Å². The molecule has 0 amide bonds. The summed E-state index contributed by atoms with van der Waals surface area (Å²) in [6.45, 7) is 10.9. The molecule has 7 heteroatoms. The maximum Gasteiger partial charge on any atom is 0.213 e. The van der Waals surface area contributed by atoms with Gasteiger partial charge in [0.05, 0.1) is 31.2 Å². The third-order valence-corrected chi connectivity index (χ3v) is 9.27. The molecule has 4 rings (SSSR count). The molecule has 1 N–H and O–H groups in total. The van der Waals surface area contributed by atoms with E-state index in [0.29, 0.717) is 6.61 Å². The SMILES string of the molecule is CCO[P@@]1(=S)C2=C([NH+]3CCOCC3)CC(C)(C)CC2=NN1c1ccccc1. The average Bonchev–Trinajstić information content (AvgIpc) is 2.94. The molecule has 0 bridgehead atoms. The van der Waals surface area contributed by atoms with Crippen LogP contribution in [0.2, 0.25) is 0 Å². The number of hydrogen-bond donors (Lipinski definition) is 1. The maximum atomic E-state index is 6.35. The topological polar surface area (TPSA) is 38.5 Å². The first kappa shape index (κ1) is 19.3. The summed E-state index contributed by atoms with van der Waals surface area (Å²) < 4.78 is 14.0. The van der Waals surface area contributed by atoms with Crippen LogP contribution in [0.1, 0.15) is 33.6 Å². The van der Waals surface area contributed by atoms with Crippen LogP contribution < -0.4 is 9.68 Å². The molecule has 2 aliphatic heterocycles. The smallest absolute Gasteiger partial charge is 0.213 e. The molecule has 27 heavy (non-hydrogen) atoms. The summed E-state index contributed by atoms with van der Waals surface area (Å²) in [4.78, 5) is 1.50. The number of benzene rings is 1. The Labute approximate surface area is 167 Å². The number of ether oxygens (including phenoxy) is 1. The first-order valence-electron chi connectivity index (χ1n) is 9.79. The molecule has 0 radical (unpaired) electrons. The minimum Gasteiger partial charge on any atom is -0.370 e. The number of nitrogens with one attached hydrogen (secondary N) is 1. The first-order valence-corrected chi connectivity index (χ1v) is 12.5. The fourth-order valence-electron chi connectivity index (χ4n) is 4.30. The summed E-state index contributed by atoms with van der Waals surface area (Å²) in [5.74, 6) is 0. The van der Waals surface area contributed by atoms with Crippen LogP contribution in [-0.2, 0) is 21.1 Å². The van der Waals surface area contributed by atoms with E-state index in [-0.39, 0.29) is 5.41 Å². The Morgan fingerprint density at radius 2 is 1.93 bits per heavy atom. The number of morpholine rings is 1. The summed E-state index contributed by atoms with van der Waals surface area (Å²) in [7, 11) is 0. The molecule has 5 nitrogen and oxygen atoms in total. The second kappa shape index (κ2) is 7.41. The lowest BCUT2D eigenvalue weighted by atomic mass is 9.78. The van der Waals surface area contributed by atoms with Crippen molar-refractivity contribution in [3.05, 3.63) is 41.3 Å². The van der Waals surface area contributed by atoms with E-state index in [2.05, 4.69) is 26.0 Å². The molecular formula is C20H29N3O2PS+. The van der Waals surface area contributed by atoms with Gasteiger partial charge in [0.2, 0.25) is 6.42 Å². The Morgan fingerprint density at radius 3 is 2.59 bits per heavy atom. The minimum absolute atomic E-state index is 0.183. The number of para-hydroxylation sites is 1. The number of hydrogen-bond acceptors (Lipinski definition) is 4. The fourth-order valence-corrected chi connectivity index (χ4v) is 8.12. The highest BCUT2D eigenvalue weighted by atomic mass is 32.4. The summed E-state index contributed by atoms with van der Waals surface area (Å²) in [5.41, 5.74) is 3.77. The Morgan fingerprint density at radius 1 is 1.22 bits per heavy atom. The van der Waals surface area contributed by atoms with Crippen LogP contribution in [0.4, 0.5) is 5.69 Å². The van der Waals surface area contributed by atoms with Crippen molar-refractivity contribution in [1.29, 1.82) is 0 Å². The Kier molecular flexibility index (Phi) is 5.30. The van der Waals surface area contributed by atoms with Crippen molar-refractivity contribution in [2.45, 2.75) is 33.6 Å². The molecule has 0 aromatic heterocycles. The van der Waals surface area contributed by atoms with Gasteiger partial charge >= 0.3 is 0 Å². The number of nitrogens with zero attached hydrogens (tertiary/aromatic N) is 2. The van der Waals surface area contributed by atoms with Crippen LogP contribution in [-0.4, -0.2) is 38.6 Å². The number of allylic oxidation sites excluding steroid dienone is 2. The van der Waals surface area contributed by atoms with Gasteiger partial charge in [-0.1, -0.05) is 32.0 Å². The van der Waals surface area contributed by atoms with E-state index in [1.807, 2.05) is 29.9 Å². The van der Waals surface area contributed by atoms with Gasteiger partial charge in [0.1, 0.15) is 24.1 Å². The van der Waals surface area contributed by atoms with Gasteiger partial charge in [-0.05, 0) is 42.7 Å². The molecule has 1 saturated heterocycles. The number of hydrazone groups is 1. The number of anilines is 1. The number of quaternary nitrogens is 1. The van der Waals surface area contributed by atoms with E-state index in [1.165, 1.54) is 15.9 Å². The number of fused-ring (bicyclic) bond motifs is 1. The zero-order valence-electron chi connectivity index (χ0n) is 16.4. The van der Waals surface area contributed by atoms with Gasteiger partial charge in [-0.15, -0.1) is 0 Å². The van der Waals surface area contributed by atoms with E-state index in [9.17, 15) is 0 Å². The molecule has 1 aromatic carbocycles. The Bertz CT molecular complexity index is 816. The third-order valence-electron chi connectivity index (χ3n) is 5.42. The highest BCUT2D eigenvalue weighted by Gasteiger charge is 2.50. The van der Waals surface area contributed by atoms with Gasteiger partial charge < -0.3 is 14.2 Å². The van der Waals surface area contributed by atoms with Crippen molar-refractivity contribution in [3.8, 4) is 0 Å². The van der Waals surface area contributed by atoms with Crippen LogP contribution >= 0.6 is 6.42 Å². The second-order valence-electron chi connectivity index (χ2n) is 8.17. The van der Waals surface area contributed by atoms with E-state index in [4.69, 9.17) is 26.2 Å². The Balaban J connectivity index is 1.86. The molecule has 1 aromatic rings. The lowest BCUT2D eigenvalue weighted by Crippen LogP contribution is -3.12. The lowest BCUT2D eigenvalue weighted by Gasteiger charge is -2.37. The van der Waals surface area contributed by atoms with Crippen molar-refractivity contribution in [2.75, 3.05) is 37.7 Å². The van der Waals surface area contributed by atoms with E-state index in [0.717, 1.165) is 50.5 Å². The molecular weight excluding hydrogens is 377 g/mol. The first-order chi connectivity index (χ1) is 12.9. The van der Waals surface area contributed by atoms with Crippen molar-refractivity contribution in [3.63, 3.8) is 0 Å². The predicted octanol–water partition coefficient (Wildman–Crippen LogP) is 3.16. The van der Waals surface area contributed by atoms with Crippen molar-refractivity contribution >= 4 is 29.6 Å². The van der Waals surface area contributed by atoms with E-state index < -0.39 is 6.42 Å². The van der Waals surface area contributed by atoms with Crippen LogP contribution in [0.25, 0.3) is 0 Å². The molecule has 2 heterocycles. The maximum absolute atomic E-state index is 6.35. The van der Waals surface area contributed by atoms with Crippen LogP contribution in [0.15, 0.2) is 46.4 Å². The van der Waals surface area contributed by atoms with Gasteiger partial charge in [0.15, 0.2) is 0 Å². The second-order valence-corrected chi connectivity index (χ2v) is 11.8. The van der Waals surface area contributed by atoms with Crippen molar-refractivity contribution < 1.29 is 14.2 Å². The summed E-state index contributed by atoms with van der Waals surface area (Å²) >= 11 is 6.29. The summed E-state index contributed by atoms with van der Waals surface area (Å²) in [6.07, 6.45) is -0.437. The molecule has 1 fully saturated rings. The zero-order chi connectivity index (χ0) is 19.1. The molecule has 3 aliphatic rings. The zero-order valence-corrected chi connectivity index (χ0v) is 18.1. The van der Waals surface area contributed by atoms with Gasteiger partial charge in [-0.25, -0.2) is 4.78 Å². The van der Waals surface area contributed by atoms with Crippen LogP contribution in [0.3, 0.4) is 0 Å². The molecule has 0 spiro atoms. The van der Waals surface area contributed by atoms with E-state index >= 15 is 0 Å². The quantitative estimate of drug-likeness (QED) is 0.780. The molecule has 146 valence electrons. The standard InChI is InChI=1S/C20H28N3O2PS/c1-4-25-26(27)19-17(21-23(26)16-8-6-5-7-9-16)14-20(2,3)15-18(19)22-10-12-24-13-11-22/h5-9H,4,10-15H2,1-3H3/p+1/t26-/m1/s1. The molecule has 1 atom stereocenters. The fraction of sp³-hybridized carbons (Fsp3) is 0.550. The average molecular weight is 407 g/mol. The lowest BCUT2D eigenvalue weighted by molar-refractivity contribution is -0.871. The molecule has 0 saturated carbocycles. The predicted molar refractivity (Wildman–Crippen MR) is 114 cm³/mol. The van der Waals surface area contributed by atoms with Crippen molar-refractivity contribution in [2.24, 2.45) is 10.5 Å². The van der Waals surface area contributed by atoms with E-state index in [1.54, 1.807) is 0 Å². The summed E-state index contributed by atoms with van der Waals surface area (Å²) in [5, 5.41) is 6.30. The minimum atomic E-state index is -2.43. The largest absolute Gasteiger partial charge is 0.370 e.